The molecule has 1 aromatic carbocycles. The first kappa shape index (κ1) is 17.3. The summed E-state index contributed by atoms with van der Waals surface area (Å²) >= 11 is 0. The molecule has 9 heteroatoms. The lowest BCUT2D eigenvalue weighted by Gasteiger charge is -2.22. The molecule has 1 saturated heterocycles. The molecular formula is C18H22N6O3. The van der Waals surface area contributed by atoms with Crippen LogP contribution in [0, 0.1) is 0 Å². The number of amides is 3. The van der Waals surface area contributed by atoms with Gasteiger partial charge in [-0.2, -0.15) is 0 Å². The summed E-state index contributed by atoms with van der Waals surface area (Å²) in [6.45, 7) is 1.93. The van der Waals surface area contributed by atoms with Crippen molar-refractivity contribution >= 4 is 23.4 Å². The minimum atomic E-state index is -0.327. The third-order valence-electron chi connectivity index (χ3n) is 5.00. The molecular weight excluding hydrogens is 348 g/mol. The highest BCUT2D eigenvalue weighted by molar-refractivity contribution is 5.96. The van der Waals surface area contributed by atoms with E-state index in [1.54, 1.807) is 9.80 Å². The molecule has 0 bridgehead atoms. The maximum atomic E-state index is 12.6. The van der Waals surface area contributed by atoms with E-state index in [1.165, 1.54) is 18.4 Å². The Labute approximate surface area is 156 Å². The minimum Gasteiger partial charge on any atom is -0.379 e. The van der Waals surface area contributed by atoms with E-state index >= 15 is 0 Å². The van der Waals surface area contributed by atoms with Gasteiger partial charge < -0.3 is 20.9 Å². The summed E-state index contributed by atoms with van der Waals surface area (Å²) in [5.41, 5.74) is 7.72. The normalized spacial score (nSPS) is 17.5. The number of urea groups is 1. The van der Waals surface area contributed by atoms with Gasteiger partial charge in [0, 0.05) is 31.9 Å². The van der Waals surface area contributed by atoms with E-state index in [0.29, 0.717) is 38.5 Å². The van der Waals surface area contributed by atoms with Crippen molar-refractivity contribution in [2.24, 2.45) is 0 Å². The third-order valence-corrected chi connectivity index (χ3v) is 5.00. The predicted octanol–water partition coefficient (Wildman–Crippen LogP) is 1.91. The van der Waals surface area contributed by atoms with Crippen LogP contribution in [0.15, 0.2) is 28.9 Å². The Morgan fingerprint density at radius 3 is 2.41 bits per heavy atom. The molecule has 9 nitrogen and oxygen atoms in total. The quantitative estimate of drug-likeness (QED) is 0.852. The molecule has 0 unspecified atom stereocenters. The number of hydrogen-bond acceptors (Lipinski definition) is 6. The van der Waals surface area contributed by atoms with Crippen LogP contribution in [0.25, 0.3) is 0 Å². The van der Waals surface area contributed by atoms with Crippen LogP contribution in [0.5, 0.6) is 0 Å². The predicted molar refractivity (Wildman–Crippen MR) is 98.2 cm³/mol. The number of anilines is 2. The molecule has 142 valence electrons. The molecule has 1 aromatic heterocycles. The largest absolute Gasteiger partial charge is 0.379 e. The lowest BCUT2D eigenvalue weighted by molar-refractivity contribution is 0.0752. The molecule has 0 radical (unpaired) electrons. The van der Waals surface area contributed by atoms with Gasteiger partial charge in [0.15, 0.2) is 0 Å². The van der Waals surface area contributed by atoms with Gasteiger partial charge in [0.1, 0.15) is 0 Å². The SMILES string of the molecule is Nc1nonc1C(=O)N1CCCN(C(=O)Nc2ccc(C3CC3)cc2)CC1. The summed E-state index contributed by atoms with van der Waals surface area (Å²) in [6, 6.07) is 7.88. The second-order valence-corrected chi connectivity index (χ2v) is 6.96. The molecule has 4 rings (SSSR count). The molecule has 2 heterocycles. The first-order chi connectivity index (χ1) is 13.1. The van der Waals surface area contributed by atoms with Crippen LogP contribution in [-0.4, -0.2) is 58.2 Å². The highest BCUT2D eigenvalue weighted by atomic mass is 16.6. The highest BCUT2D eigenvalue weighted by Crippen LogP contribution is 2.40. The minimum absolute atomic E-state index is 0.0173. The van der Waals surface area contributed by atoms with Crippen LogP contribution in [0.1, 0.15) is 41.2 Å². The Balaban J connectivity index is 1.33. The Kier molecular flexibility index (Phi) is 4.66. The number of nitrogen functional groups attached to an aromatic ring is 1. The van der Waals surface area contributed by atoms with Crippen molar-refractivity contribution in [3.63, 3.8) is 0 Å². The smallest absolute Gasteiger partial charge is 0.321 e. The molecule has 1 saturated carbocycles. The molecule has 2 fully saturated rings. The Hall–Kier alpha value is -3.10. The standard InChI is InChI=1S/C18H22N6O3/c19-16-15(21-27-22-16)17(25)23-8-1-9-24(11-10-23)18(26)20-14-6-4-13(5-7-14)12-2-3-12/h4-7,12H,1-3,8-11H2,(H2,19,22)(H,20,26). The fourth-order valence-electron chi connectivity index (χ4n) is 3.28. The maximum absolute atomic E-state index is 12.6. The van der Waals surface area contributed by atoms with E-state index in [9.17, 15) is 9.59 Å². The van der Waals surface area contributed by atoms with Crippen molar-refractivity contribution in [1.29, 1.82) is 0 Å². The molecule has 3 amide bonds. The summed E-state index contributed by atoms with van der Waals surface area (Å²) in [5, 5.41) is 9.93. The van der Waals surface area contributed by atoms with Crippen LogP contribution < -0.4 is 11.1 Å². The van der Waals surface area contributed by atoms with E-state index in [4.69, 9.17) is 5.73 Å². The maximum Gasteiger partial charge on any atom is 0.321 e. The van der Waals surface area contributed by atoms with Crippen molar-refractivity contribution in [2.45, 2.75) is 25.2 Å². The van der Waals surface area contributed by atoms with Crippen molar-refractivity contribution in [3.8, 4) is 0 Å². The van der Waals surface area contributed by atoms with Gasteiger partial charge in [-0.05, 0) is 53.2 Å². The van der Waals surface area contributed by atoms with Crippen LogP contribution >= 0.6 is 0 Å². The molecule has 2 aliphatic rings. The average molecular weight is 370 g/mol. The second kappa shape index (κ2) is 7.26. The van der Waals surface area contributed by atoms with E-state index in [0.717, 1.165) is 5.69 Å². The summed E-state index contributed by atoms with van der Waals surface area (Å²) in [4.78, 5) is 28.4. The zero-order valence-corrected chi connectivity index (χ0v) is 14.9. The van der Waals surface area contributed by atoms with Gasteiger partial charge in [-0.1, -0.05) is 12.1 Å². The number of aromatic nitrogens is 2. The van der Waals surface area contributed by atoms with E-state index in [-0.39, 0.29) is 23.5 Å². The van der Waals surface area contributed by atoms with Gasteiger partial charge in [0.05, 0.1) is 0 Å². The first-order valence-corrected chi connectivity index (χ1v) is 9.15. The van der Waals surface area contributed by atoms with Crippen molar-refractivity contribution in [3.05, 3.63) is 35.5 Å². The number of nitrogens with two attached hydrogens (primary N) is 1. The fourth-order valence-corrected chi connectivity index (χ4v) is 3.28. The van der Waals surface area contributed by atoms with Gasteiger partial charge in [0.25, 0.3) is 5.91 Å². The molecule has 27 heavy (non-hydrogen) atoms. The van der Waals surface area contributed by atoms with Crippen LogP contribution in [0.2, 0.25) is 0 Å². The fraction of sp³-hybridized carbons (Fsp3) is 0.444. The zero-order valence-electron chi connectivity index (χ0n) is 14.9. The van der Waals surface area contributed by atoms with Crippen LogP contribution in [0.3, 0.4) is 0 Å². The Morgan fingerprint density at radius 2 is 1.74 bits per heavy atom. The topological polar surface area (TPSA) is 118 Å². The highest BCUT2D eigenvalue weighted by Gasteiger charge is 2.27. The zero-order chi connectivity index (χ0) is 18.8. The summed E-state index contributed by atoms with van der Waals surface area (Å²) < 4.78 is 4.49. The number of nitrogens with one attached hydrogen (secondary N) is 1. The number of nitrogens with zero attached hydrogens (tertiary/aromatic N) is 4. The summed E-state index contributed by atoms with van der Waals surface area (Å²) in [5.74, 6) is 0.345. The molecule has 1 aliphatic carbocycles. The van der Waals surface area contributed by atoms with Gasteiger partial charge in [-0.3, -0.25) is 4.79 Å². The molecule has 2 aromatic rings. The lowest BCUT2D eigenvalue weighted by atomic mass is 10.1. The molecule has 0 spiro atoms. The Morgan fingerprint density at radius 1 is 1.04 bits per heavy atom. The van der Waals surface area contributed by atoms with Gasteiger partial charge in [0.2, 0.25) is 11.5 Å². The number of rotatable bonds is 3. The summed E-state index contributed by atoms with van der Waals surface area (Å²) in [7, 11) is 0. The number of carbonyl (C=O) groups excluding carboxylic acids is 2. The van der Waals surface area contributed by atoms with Crippen molar-refractivity contribution in [2.75, 3.05) is 37.2 Å². The van der Waals surface area contributed by atoms with E-state index in [2.05, 4.69) is 32.4 Å². The Bertz CT molecular complexity index is 830. The molecule has 1 aliphatic heterocycles. The van der Waals surface area contributed by atoms with E-state index < -0.39 is 0 Å². The van der Waals surface area contributed by atoms with Gasteiger partial charge >= 0.3 is 6.03 Å². The number of benzene rings is 1. The van der Waals surface area contributed by atoms with Crippen molar-refractivity contribution < 1.29 is 14.2 Å². The average Bonchev–Trinajstić information content (AvgIpc) is 3.46. The first-order valence-electron chi connectivity index (χ1n) is 9.15. The third kappa shape index (κ3) is 3.86. The van der Waals surface area contributed by atoms with Gasteiger partial charge in [-0.15, -0.1) is 0 Å². The second-order valence-electron chi connectivity index (χ2n) is 6.96. The number of hydrogen-bond donors (Lipinski definition) is 2. The lowest BCUT2D eigenvalue weighted by Crippen LogP contribution is -2.39. The molecule has 0 atom stereocenters. The van der Waals surface area contributed by atoms with E-state index in [1.807, 2.05) is 12.1 Å². The monoisotopic (exact) mass is 370 g/mol. The summed E-state index contributed by atoms with van der Waals surface area (Å²) in [6.07, 6.45) is 3.18. The molecule has 3 N–H and O–H groups in total. The van der Waals surface area contributed by atoms with Crippen molar-refractivity contribution in [1.82, 2.24) is 20.1 Å². The van der Waals surface area contributed by atoms with Crippen LogP contribution in [0.4, 0.5) is 16.3 Å². The number of carbonyl (C=O) groups is 2. The van der Waals surface area contributed by atoms with Crippen LogP contribution in [-0.2, 0) is 0 Å². The van der Waals surface area contributed by atoms with Gasteiger partial charge in [-0.25, -0.2) is 9.42 Å².